The minimum Gasteiger partial charge on any atom is -0.369 e. The number of primary amides is 1. The van der Waals surface area contributed by atoms with Crippen molar-refractivity contribution in [3.05, 3.63) is 77.3 Å². The molecule has 13 heteroatoms. The summed E-state index contributed by atoms with van der Waals surface area (Å²) in [5.74, 6) is -1.22. The molecule has 3 heterocycles. The largest absolute Gasteiger partial charge is 0.419 e. The summed E-state index contributed by atoms with van der Waals surface area (Å²) in [5, 5.41) is 3.64. The highest BCUT2D eigenvalue weighted by Gasteiger charge is 2.35. The zero-order valence-corrected chi connectivity index (χ0v) is 19.7. The van der Waals surface area contributed by atoms with E-state index in [0.29, 0.717) is 16.8 Å². The molecule has 0 spiro atoms. The number of anilines is 3. The third-order valence-corrected chi connectivity index (χ3v) is 6.05. The predicted octanol–water partition coefficient (Wildman–Crippen LogP) is 5.38. The lowest BCUT2D eigenvalue weighted by Gasteiger charge is -2.22. The number of carbonyl (C=O) groups excluding carboxylic acids is 1. The smallest absolute Gasteiger partial charge is 0.369 e. The van der Waals surface area contributed by atoms with Crippen LogP contribution in [0.25, 0.3) is 11.1 Å². The van der Waals surface area contributed by atoms with Crippen molar-refractivity contribution in [2.75, 3.05) is 4.90 Å². The molecule has 3 aromatic heterocycles. The van der Waals surface area contributed by atoms with Crippen LogP contribution in [0.1, 0.15) is 30.0 Å². The Kier molecular flexibility index (Phi) is 6.28. The number of pyridine rings is 1. The van der Waals surface area contributed by atoms with Crippen LogP contribution in [0.5, 0.6) is 0 Å². The van der Waals surface area contributed by atoms with Crippen LogP contribution in [0, 0.1) is 5.82 Å². The fourth-order valence-corrected chi connectivity index (χ4v) is 3.97. The van der Waals surface area contributed by atoms with Crippen molar-refractivity contribution in [1.82, 2.24) is 24.7 Å². The van der Waals surface area contributed by atoms with Crippen molar-refractivity contribution in [2.24, 2.45) is 5.73 Å². The van der Waals surface area contributed by atoms with Gasteiger partial charge >= 0.3 is 6.18 Å². The first-order valence-corrected chi connectivity index (χ1v) is 11.4. The van der Waals surface area contributed by atoms with Crippen molar-refractivity contribution in [3.63, 3.8) is 0 Å². The highest BCUT2D eigenvalue weighted by molar-refractivity contribution is 6.30. The maximum absolute atomic E-state index is 14.4. The number of amides is 1. The van der Waals surface area contributed by atoms with Gasteiger partial charge in [0.2, 0.25) is 11.9 Å². The highest BCUT2D eigenvalue weighted by Crippen LogP contribution is 2.40. The van der Waals surface area contributed by atoms with Gasteiger partial charge in [-0.15, -0.1) is 0 Å². The molecule has 4 aromatic rings. The number of nitrogens with two attached hydrogens (primary N) is 1. The molecule has 2 N–H and O–H groups in total. The predicted molar refractivity (Wildman–Crippen MR) is 127 cm³/mol. The van der Waals surface area contributed by atoms with Crippen LogP contribution in [0.3, 0.4) is 0 Å². The molecular formula is C24H18ClF4N7O. The minimum absolute atomic E-state index is 0.0293. The second-order valence-corrected chi connectivity index (χ2v) is 8.85. The summed E-state index contributed by atoms with van der Waals surface area (Å²) in [6, 6.07) is 5.37. The van der Waals surface area contributed by atoms with Crippen LogP contribution < -0.4 is 10.6 Å². The molecule has 1 aliphatic carbocycles. The number of aromatic nitrogens is 5. The number of halogens is 5. The number of benzene rings is 1. The number of nitrogens with zero attached hydrogens (tertiary/aromatic N) is 6. The lowest BCUT2D eigenvalue weighted by molar-refractivity contribution is -0.137. The van der Waals surface area contributed by atoms with E-state index in [4.69, 9.17) is 17.3 Å². The molecule has 0 saturated heterocycles. The summed E-state index contributed by atoms with van der Waals surface area (Å²) in [7, 11) is 0. The van der Waals surface area contributed by atoms with E-state index in [1.54, 1.807) is 16.9 Å². The molecule has 0 radical (unpaired) electrons. The van der Waals surface area contributed by atoms with Crippen molar-refractivity contribution < 1.29 is 22.4 Å². The van der Waals surface area contributed by atoms with Crippen LogP contribution in [-0.4, -0.2) is 30.6 Å². The van der Waals surface area contributed by atoms with E-state index in [2.05, 4.69) is 20.1 Å². The van der Waals surface area contributed by atoms with E-state index in [1.807, 2.05) is 0 Å². The van der Waals surface area contributed by atoms with Gasteiger partial charge in [-0.1, -0.05) is 23.7 Å². The molecule has 5 rings (SSSR count). The normalized spacial score (nSPS) is 13.5. The van der Waals surface area contributed by atoms with Crippen molar-refractivity contribution in [3.8, 4) is 11.1 Å². The maximum Gasteiger partial charge on any atom is 0.419 e. The van der Waals surface area contributed by atoms with Crippen molar-refractivity contribution in [2.45, 2.75) is 31.5 Å². The quantitative estimate of drug-likeness (QED) is 0.254. The molecule has 1 aromatic carbocycles. The third kappa shape index (κ3) is 5.24. The van der Waals surface area contributed by atoms with Crippen LogP contribution in [-0.2, 0) is 17.4 Å². The molecule has 0 aliphatic heterocycles. The fraction of sp³-hybridized carbons (Fsp3) is 0.208. The van der Waals surface area contributed by atoms with Gasteiger partial charge in [0.25, 0.3) is 0 Å². The van der Waals surface area contributed by atoms with E-state index in [1.165, 1.54) is 41.8 Å². The minimum atomic E-state index is -4.72. The number of alkyl halides is 3. The van der Waals surface area contributed by atoms with Gasteiger partial charge in [0.05, 0.1) is 41.8 Å². The van der Waals surface area contributed by atoms with Crippen LogP contribution in [0.4, 0.5) is 34.9 Å². The Hall–Kier alpha value is -4.06. The van der Waals surface area contributed by atoms with Gasteiger partial charge in [-0.3, -0.25) is 14.4 Å². The lowest BCUT2D eigenvalue weighted by atomic mass is 10.0. The number of hydrogen-bond acceptors (Lipinski definition) is 6. The van der Waals surface area contributed by atoms with Crippen molar-refractivity contribution >= 4 is 34.8 Å². The zero-order valence-electron chi connectivity index (χ0n) is 19.0. The zero-order chi connectivity index (χ0) is 26.3. The van der Waals surface area contributed by atoms with Gasteiger partial charge in [-0.2, -0.15) is 18.3 Å². The molecular weight excluding hydrogens is 514 g/mol. The standard InChI is InChI=1S/C24H18ClF4N7O/c25-22-19(24(27,28)29)7-17(10-31-22)36(18-11-34-35(12-18)16-3-4-16)23-32-8-15(9-33-23)13-1-2-14(6-21(30)37)20(26)5-13/h1-2,5,7-12,16H,3-4,6H2,(H2,30,37). The average Bonchev–Trinajstić information content (AvgIpc) is 3.59. The summed E-state index contributed by atoms with van der Waals surface area (Å²) < 4.78 is 56.8. The highest BCUT2D eigenvalue weighted by atomic mass is 35.5. The van der Waals surface area contributed by atoms with Gasteiger partial charge in [0.1, 0.15) is 11.0 Å². The van der Waals surface area contributed by atoms with Gasteiger partial charge in [-0.25, -0.2) is 19.3 Å². The first-order valence-electron chi connectivity index (χ1n) is 11.1. The van der Waals surface area contributed by atoms with E-state index < -0.39 is 28.6 Å². The Morgan fingerprint density at radius 3 is 2.41 bits per heavy atom. The van der Waals surface area contributed by atoms with Gasteiger partial charge < -0.3 is 5.73 Å². The molecule has 1 aliphatic rings. The van der Waals surface area contributed by atoms with Gasteiger partial charge in [-0.05, 0) is 36.1 Å². The second-order valence-electron chi connectivity index (χ2n) is 8.50. The van der Waals surface area contributed by atoms with E-state index >= 15 is 0 Å². The third-order valence-electron chi connectivity index (χ3n) is 5.74. The number of hydrogen-bond donors (Lipinski definition) is 1. The Labute approximate surface area is 212 Å². The Morgan fingerprint density at radius 2 is 1.78 bits per heavy atom. The first-order chi connectivity index (χ1) is 17.6. The molecule has 0 unspecified atom stereocenters. The van der Waals surface area contributed by atoms with E-state index in [9.17, 15) is 22.4 Å². The van der Waals surface area contributed by atoms with Crippen LogP contribution in [0.2, 0.25) is 5.15 Å². The summed E-state index contributed by atoms with van der Waals surface area (Å²) in [6.07, 6.45) is 4.18. The Morgan fingerprint density at radius 1 is 1.05 bits per heavy atom. The summed E-state index contributed by atoms with van der Waals surface area (Å²) >= 11 is 5.72. The fourth-order valence-electron chi connectivity index (χ4n) is 3.76. The SMILES string of the molecule is NC(=O)Cc1ccc(-c2cnc(N(c3cnc(Cl)c(C(F)(F)F)c3)c3cnn(C4CC4)c3)nc2)cc1F. The topological polar surface area (TPSA) is 103 Å². The molecule has 0 atom stereocenters. The molecule has 1 fully saturated rings. The molecule has 37 heavy (non-hydrogen) atoms. The molecule has 8 nitrogen and oxygen atoms in total. The first kappa shape index (κ1) is 24.6. The van der Waals surface area contributed by atoms with Gasteiger partial charge in [0, 0.05) is 24.2 Å². The summed E-state index contributed by atoms with van der Waals surface area (Å²) in [5.41, 5.74) is 5.54. The molecule has 190 valence electrons. The summed E-state index contributed by atoms with van der Waals surface area (Å²) in [6.45, 7) is 0. The van der Waals surface area contributed by atoms with E-state index in [0.717, 1.165) is 18.9 Å². The lowest BCUT2D eigenvalue weighted by Crippen LogP contribution is -2.15. The average molecular weight is 532 g/mol. The van der Waals surface area contributed by atoms with Gasteiger partial charge in [0.15, 0.2) is 0 Å². The Bertz CT molecular complexity index is 1470. The molecule has 1 saturated carbocycles. The molecule has 1 amide bonds. The number of carbonyl (C=O) groups is 1. The van der Waals surface area contributed by atoms with Crippen molar-refractivity contribution in [1.29, 1.82) is 0 Å². The van der Waals surface area contributed by atoms with Crippen LogP contribution in [0.15, 0.2) is 55.2 Å². The monoisotopic (exact) mass is 531 g/mol. The second kappa shape index (κ2) is 9.43. The van der Waals surface area contributed by atoms with Crippen LogP contribution >= 0.6 is 11.6 Å². The summed E-state index contributed by atoms with van der Waals surface area (Å²) in [4.78, 5) is 24.9. The Balaban J connectivity index is 1.53. The number of rotatable bonds is 7. The van der Waals surface area contributed by atoms with E-state index in [-0.39, 0.29) is 29.7 Å². The molecule has 0 bridgehead atoms. The maximum atomic E-state index is 14.4.